The predicted octanol–water partition coefficient (Wildman–Crippen LogP) is -1.89. The third-order valence-electron chi connectivity index (χ3n) is 1.15. The Bertz CT molecular complexity index is 208. The van der Waals surface area contributed by atoms with Gasteiger partial charge in [-0.2, -0.15) is 0 Å². The summed E-state index contributed by atoms with van der Waals surface area (Å²) in [7, 11) is -8.00. The second kappa shape index (κ2) is 21.4. The summed E-state index contributed by atoms with van der Waals surface area (Å²) in [5.74, 6) is 0. The molecule has 0 spiro atoms. The molecule has 0 aliphatic carbocycles. The Kier molecular flexibility index (Phi) is 49.5. The van der Waals surface area contributed by atoms with Crippen LogP contribution in [0.5, 0.6) is 0 Å². The van der Waals surface area contributed by atoms with E-state index >= 15 is 0 Å². The van der Waals surface area contributed by atoms with E-state index in [9.17, 15) is 9.13 Å². The molecule has 4 N–H and O–H groups in total. The quantitative estimate of drug-likeness (QED) is 0.217. The van der Waals surface area contributed by atoms with Gasteiger partial charge in [0.1, 0.15) is 0 Å². The molecule has 0 atom stereocenters. The van der Waals surface area contributed by atoms with Gasteiger partial charge in [0.25, 0.3) is 0 Å². The van der Waals surface area contributed by atoms with E-state index in [1.807, 2.05) is 0 Å². The summed E-state index contributed by atoms with van der Waals surface area (Å²) < 4.78 is 20.5. The molecule has 0 saturated heterocycles. The van der Waals surface area contributed by atoms with Crippen molar-refractivity contribution in [2.24, 2.45) is 0 Å². The van der Waals surface area contributed by atoms with Crippen molar-refractivity contribution in [2.75, 3.05) is 12.3 Å². The van der Waals surface area contributed by atoms with Crippen molar-refractivity contribution in [3.05, 3.63) is 0 Å². The van der Waals surface area contributed by atoms with Crippen LogP contribution in [0.1, 0.15) is 12.8 Å². The molecule has 0 aromatic heterocycles. The Balaban J connectivity index is -0.0000000605. The Hall–Kier alpha value is 7.33. The predicted molar refractivity (Wildman–Crippen MR) is 82.0 cm³/mol. The van der Waals surface area contributed by atoms with Crippen molar-refractivity contribution in [1.29, 1.82) is 0 Å². The zero-order valence-electron chi connectivity index (χ0n) is 6.74. The van der Waals surface area contributed by atoms with Gasteiger partial charge >= 0.3 is 221 Å². The molecule has 90 valence electrons. The normalized spacial score (nSPS) is 9.41. The summed E-state index contributed by atoms with van der Waals surface area (Å²) >= 11 is 0. The van der Waals surface area contributed by atoms with E-state index in [2.05, 4.69) is 0 Å². The number of unbranched alkanes of at least 4 members (excludes halogenated alkanes) is 1. The Labute approximate surface area is 282 Å². The van der Waals surface area contributed by atoms with Gasteiger partial charge in [0.2, 0.25) is 0 Å². The first kappa shape index (κ1) is 39.4. The molecule has 0 aromatic rings. The molecular weight excluding hydrogens is 442 g/mol. The average molecular weight is 459 g/mol. The fourth-order valence-electron chi connectivity index (χ4n) is 0.636. The second-order valence-corrected chi connectivity index (χ2v) is 6.04. The van der Waals surface area contributed by atoms with Crippen LogP contribution in [0.2, 0.25) is 0 Å². The molecule has 13 heteroatoms. The number of hydrogen-bond donors (Lipinski definition) is 4. The first-order valence-electron chi connectivity index (χ1n) is 3.30. The van der Waals surface area contributed by atoms with Crippen molar-refractivity contribution >= 4 is 238 Å². The van der Waals surface area contributed by atoms with Crippen LogP contribution in [0, 0.1) is 0 Å². The number of rotatable bonds is 5. The molecule has 0 amide bonds. The molecule has 0 bridgehead atoms. The van der Waals surface area contributed by atoms with Gasteiger partial charge in [-0.3, -0.25) is 9.13 Å². The van der Waals surface area contributed by atoms with Gasteiger partial charge in [-0.15, -0.1) is 17.0 Å². The van der Waals surface area contributed by atoms with E-state index < -0.39 is 15.2 Å². The van der Waals surface area contributed by atoms with E-state index in [0.717, 1.165) is 0 Å². The topological polar surface area (TPSA) is 115 Å². The molecule has 17 heavy (non-hydrogen) atoms. The molecule has 0 fully saturated rings. The van der Waals surface area contributed by atoms with E-state index in [-0.39, 0.29) is 248 Å². The summed E-state index contributed by atoms with van der Waals surface area (Å²) in [5, 5.41) is 0. The van der Waals surface area contributed by atoms with Gasteiger partial charge in [0, 0.05) is 12.3 Å². The van der Waals surface area contributed by atoms with Crippen molar-refractivity contribution < 1.29 is 28.7 Å². The van der Waals surface area contributed by atoms with Crippen molar-refractivity contribution in [3.63, 3.8) is 0 Å². The third kappa shape index (κ3) is 39.8. The van der Waals surface area contributed by atoms with Crippen molar-refractivity contribution in [2.45, 2.75) is 12.8 Å². The van der Waals surface area contributed by atoms with Crippen molar-refractivity contribution in [3.8, 4) is 0 Å². The molecule has 0 aromatic carbocycles. The molecule has 0 rings (SSSR count). The Morgan fingerprint density at radius 1 is 0.647 bits per heavy atom. The van der Waals surface area contributed by atoms with Crippen LogP contribution in [0.25, 0.3) is 0 Å². The Morgan fingerprint density at radius 3 is 0.941 bits per heavy atom. The maximum atomic E-state index is 10.3. The maximum absolute atomic E-state index is 10.3. The molecule has 6 nitrogen and oxygen atoms in total. The SMILES string of the molecule is Br.O=P(O)(O)CCCCP(=O)(O)O.[KH].[KH].[KH].[KH]. The standard InChI is InChI=1S/C4H12O6P2.BrH.4K.4H/c5-11(6,7)3-1-2-4-12(8,9)10;;;;;;;;;/h1-4H2,(H2,5,6,7)(H2,8,9,10);1H;;;;;;;;. The molecular formula is C4H17BrK4O6P2. The molecule has 0 aliphatic rings. The Morgan fingerprint density at radius 2 is 0.824 bits per heavy atom. The summed E-state index contributed by atoms with van der Waals surface area (Å²) in [6.45, 7) is 0. The van der Waals surface area contributed by atoms with Crippen LogP contribution < -0.4 is 0 Å². The average Bonchev–Trinajstić information content (AvgIpc) is 1.76. The van der Waals surface area contributed by atoms with Crippen molar-refractivity contribution in [1.82, 2.24) is 0 Å². The van der Waals surface area contributed by atoms with E-state index in [1.165, 1.54) is 0 Å². The summed E-state index contributed by atoms with van der Waals surface area (Å²) in [6, 6.07) is 0. The molecule has 0 unspecified atom stereocenters. The van der Waals surface area contributed by atoms with Crippen LogP contribution in [0.15, 0.2) is 0 Å². The third-order valence-corrected chi connectivity index (χ3v) is 2.95. The fourth-order valence-corrected chi connectivity index (χ4v) is 1.91. The molecule has 0 saturated carbocycles. The van der Waals surface area contributed by atoms with E-state index in [4.69, 9.17) is 19.6 Å². The van der Waals surface area contributed by atoms with Gasteiger partial charge in [0.15, 0.2) is 0 Å². The first-order valence-corrected chi connectivity index (χ1v) is 6.89. The van der Waals surface area contributed by atoms with Crippen LogP contribution in [0.3, 0.4) is 0 Å². The van der Waals surface area contributed by atoms with E-state index in [1.54, 1.807) is 0 Å². The summed E-state index contributed by atoms with van der Waals surface area (Å²) in [6.07, 6.45) is -0.356. The van der Waals surface area contributed by atoms with Gasteiger partial charge < -0.3 is 19.6 Å². The van der Waals surface area contributed by atoms with Crippen LogP contribution in [0.4, 0.5) is 0 Å². The summed E-state index contributed by atoms with van der Waals surface area (Å²) in [4.78, 5) is 33.5. The van der Waals surface area contributed by atoms with Gasteiger partial charge in [0.05, 0.1) is 0 Å². The fraction of sp³-hybridized carbons (Fsp3) is 1.00. The van der Waals surface area contributed by atoms with Crippen LogP contribution >= 0.6 is 32.2 Å². The molecule has 0 heterocycles. The number of halogens is 1. The van der Waals surface area contributed by atoms with Gasteiger partial charge in [-0.05, 0) is 12.8 Å². The van der Waals surface area contributed by atoms with Gasteiger partial charge in [-0.25, -0.2) is 0 Å². The van der Waals surface area contributed by atoms with E-state index in [0.29, 0.717) is 0 Å². The zero-order chi connectivity index (χ0) is 9.83. The number of hydrogen-bond acceptors (Lipinski definition) is 2. The monoisotopic (exact) mass is 458 g/mol. The first-order chi connectivity index (χ1) is 5.21. The summed E-state index contributed by atoms with van der Waals surface area (Å²) in [5.41, 5.74) is 0. The van der Waals surface area contributed by atoms with Crippen LogP contribution in [-0.2, 0) is 9.13 Å². The second-order valence-electron chi connectivity index (χ2n) is 2.48. The molecule has 0 radical (unpaired) electrons. The minimum absolute atomic E-state index is 0. The van der Waals surface area contributed by atoms with Gasteiger partial charge in [-0.1, -0.05) is 0 Å². The minimum atomic E-state index is -4.00. The molecule has 0 aliphatic heterocycles. The van der Waals surface area contributed by atoms with Crippen LogP contribution in [-0.4, -0.2) is 237 Å². The zero-order valence-corrected chi connectivity index (χ0v) is 10.2.